The minimum absolute atomic E-state index is 0.0404. The summed E-state index contributed by atoms with van der Waals surface area (Å²) in [7, 11) is 0. The largest absolute Gasteiger partial charge is 0.522 e. The van der Waals surface area contributed by atoms with Gasteiger partial charge in [0.05, 0.1) is 24.4 Å². The Bertz CT molecular complexity index is 659. The van der Waals surface area contributed by atoms with E-state index >= 15 is 0 Å². The predicted octanol–water partition coefficient (Wildman–Crippen LogP) is 2.29. The molecule has 0 bridgehead atoms. The van der Waals surface area contributed by atoms with Crippen LogP contribution >= 0.6 is 0 Å². The fourth-order valence-electron chi connectivity index (χ4n) is 2.96. The number of hydrogen-bond donors (Lipinski definition) is 2. The van der Waals surface area contributed by atoms with Crippen LogP contribution < -0.4 is 10.6 Å². The summed E-state index contributed by atoms with van der Waals surface area (Å²) in [6.45, 7) is 3.07. The van der Waals surface area contributed by atoms with Gasteiger partial charge < -0.3 is 20.1 Å². The van der Waals surface area contributed by atoms with Gasteiger partial charge in [-0.3, -0.25) is 19.1 Å². The summed E-state index contributed by atoms with van der Waals surface area (Å²) in [5, 5.41) is 4.95. The Morgan fingerprint density at radius 2 is 1.22 bits per heavy atom. The molecule has 0 unspecified atom stereocenters. The van der Waals surface area contributed by atoms with Gasteiger partial charge in [-0.05, 0) is 0 Å². The van der Waals surface area contributed by atoms with E-state index in [0.29, 0.717) is 0 Å². The van der Waals surface area contributed by atoms with Crippen LogP contribution in [-0.4, -0.2) is 68.7 Å². The fraction of sp³-hybridized carbons (Fsp3) is 0.778. The highest BCUT2D eigenvalue weighted by Gasteiger charge is 2.41. The molecule has 2 fully saturated rings. The SMILES string of the molecule is C=C(CCNC(=O)CO[C@H]1C[C@H](OC(F)(F)F)C1)NC(=O)CO[C@H]1C[C@@H](OC(F)(F)F)C1. The van der Waals surface area contributed by atoms with Crippen molar-refractivity contribution in [1.82, 2.24) is 10.6 Å². The third-order valence-electron chi connectivity index (χ3n) is 4.67. The zero-order valence-electron chi connectivity index (χ0n) is 16.9. The molecule has 14 heteroatoms. The Kier molecular flexibility index (Phi) is 9.30. The monoisotopic (exact) mass is 478 g/mol. The lowest BCUT2D eigenvalue weighted by Crippen LogP contribution is -2.42. The molecule has 2 rings (SSSR count). The van der Waals surface area contributed by atoms with Crippen molar-refractivity contribution < 1.29 is 54.9 Å². The van der Waals surface area contributed by atoms with Gasteiger partial charge in [-0.2, -0.15) is 0 Å². The second-order valence-corrected chi connectivity index (χ2v) is 7.43. The molecule has 0 aromatic rings. The molecule has 2 amide bonds. The van der Waals surface area contributed by atoms with Gasteiger partial charge in [-0.25, -0.2) is 0 Å². The molecule has 32 heavy (non-hydrogen) atoms. The zero-order chi connectivity index (χ0) is 23.9. The Labute approximate surface area is 179 Å². The van der Waals surface area contributed by atoms with Crippen molar-refractivity contribution in [2.24, 2.45) is 0 Å². The molecule has 0 atom stereocenters. The van der Waals surface area contributed by atoms with Crippen molar-refractivity contribution in [2.45, 2.75) is 69.2 Å². The van der Waals surface area contributed by atoms with E-state index in [4.69, 9.17) is 9.47 Å². The highest BCUT2D eigenvalue weighted by Crippen LogP contribution is 2.32. The lowest BCUT2D eigenvalue weighted by Gasteiger charge is -2.34. The summed E-state index contributed by atoms with van der Waals surface area (Å²) in [5.41, 5.74) is 0.290. The first-order valence-electron chi connectivity index (χ1n) is 9.75. The molecular formula is C18H24F6N2O6. The number of nitrogens with one attached hydrogen (secondary N) is 2. The van der Waals surface area contributed by atoms with Crippen LogP contribution in [0.25, 0.3) is 0 Å². The molecule has 0 spiro atoms. The lowest BCUT2D eigenvalue weighted by molar-refractivity contribution is -0.358. The van der Waals surface area contributed by atoms with Gasteiger partial charge >= 0.3 is 12.7 Å². The van der Waals surface area contributed by atoms with Crippen molar-refractivity contribution in [3.05, 3.63) is 12.3 Å². The topological polar surface area (TPSA) is 95.1 Å². The molecule has 2 saturated carbocycles. The quantitative estimate of drug-likeness (QED) is 0.418. The van der Waals surface area contributed by atoms with Crippen molar-refractivity contribution >= 4 is 11.8 Å². The molecule has 2 N–H and O–H groups in total. The predicted molar refractivity (Wildman–Crippen MR) is 94.7 cm³/mol. The molecule has 0 aromatic carbocycles. The summed E-state index contributed by atoms with van der Waals surface area (Å²) in [6, 6.07) is 0. The first kappa shape index (κ1) is 26.4. The van der Waals surface area contributed by atoms with E-state index in [0.717, 1.165) is 0 Å². The van der Waals surface area contributed by atoms with Gasteiger partial charge in [0.15, 0.2) is 0 Å². The lowest BCUT2D eigenvalue weighted by atomic mass is 9.92. The van der Waals surface area contributed by atoms with E-state index in [-0.39, 0.29) is 57.6 Å². The smallest absolute Gasteiger partial charge is 0.368 e. The van der Waals surface area contributed by atoms with Gasteiger partial charge in [0.2, 0.25) is 11.8 Å². The maximum absolute atomic E-state index is 12.0. The van der Waals surface area contributed by atoms with E-state index in [2.05, 4.69) is 26.7 Å². The van der Waals surface area contributed by atoms with Crippen molar-refractivity contribution in [3.8, 4) is 0 Å². The first-order valence-corrected chi connectivity index (χ1v) is 9.75. The highest BCUT2D eigenvalue weighted by atomic mass is 19.4. The molecule has 0 radical (unpaired) electrons. The number of hydrogen-bond acceptors (Lipinski definition) is 6. The number of alkyl halides is 6. The van der Waals surface area contributed by atoms with Crippen LogP contribution in [0.4, 0.5) is 26.3 Å². The van der Waals surface area contributed by atoms with Crippen molar-refractivity contribution in [1.29, 1.82) is 0 Å². The molecule has 0 heterocycles. The van der Waals surface area contributed by atoms with Crippen LogP contribution in [0.3, 0.4) is 0 Å². The summed E-state index contributed by atoms with van der Waals surface area (Å²) >= 11 is 0. The van der Waals surface area contributed by atoms with Crippen molar-refractivity contribution in [2.75, 3.05) is 19.8 Å². The molecule has 2 aliphatic rings. The van der Waals surface area contributed by atoms with E-state index in [1.54, 1.807) is 0 Å². The second-order valence-electron chi connectivity index (χ2n) is 7.43. The third-order valence-corrected chi connectivity index (χ3v) is 4.67. The average molecular weight is 478 g/mol. The van der Waals surface area contributed by atoms with Crippen LogP contribution in [0.5, 0.6) is 0 Å². The Hall–Kier alpha value is -1.90. The molecular weight excluding hydrogens is 454 g/mol. The zero-order valence-corrected chi connectivity index (χ0v) is 16.9. The summed E-state index contributed by atoms with van der Waals surface area (Å²) in [4.78, 5) is 23.4. The average Bonchev–Trinajstić information content (AvgIpc) is 2.56. The van der Waals surface area contributed by atoms with E-state index in [9.17, 15) is 35.9 Å². The molecule has 8 nitrogen and oxygen atoms in total. The van der Waals surface area contributed by atoms with Crippen LogP contribution in [0, 0.1) is 0 Å². The summed E-state index contributed by atoms with van der Waals surface area (Å²) in [6.07, 6.45) is -11.9. The van der Waals surface area contributed by atoms with Gasteiger partial charge in [-0.15, -0.1) is 26.3 Å². The molecule has 184 valence electrons. The summed E-state index contributed by atoms with van der Waals surface area (Å²) < 4.78 is 90.0. The Morgan fingerprint density at radius 3 is 1.66 bits per heavy atom. The third kappa shape index (κ3) is 10.6. The van der Waals surface area contributed by atoms with Gasteiger partial charge in [0.25, 0.3) is 0 Å². The number of amides is 2. The molecule has 0 saturated heterocycles. The maximum Gasteiger partial charge on any atom is 0.522 e. The number of carbonyl (C=O) groups excluding carboxylic acids is 2. The van der Waals surface area contributed by atoms with E-state index < -0.39 is 49.0 Å². The Balaban J connectivity index is 1.45. The molecule has 0 aromatic heterocycles. The van der Waals surface area contributed by atoms with E-state index in [1.807, 2.05) is 0 Å². The van der Waals surface area contributed by atoms with Crippen LogP contribution in [0.1, 0.15) is 32.1 Å². The van der Waals surface area contributed by atoms with Crippen LogP contribution in [0.15, 0.2) is 12.3 Å². The van der Waals surface area contributed by atoms with Gasteiger partial charge in [0.1, 0.15) is 13.2 Å². The first-order chi connectivity index (χ1) is 14.8. The number of carbonyl (C=O) groups is 2. The highest BCUT2D eigenvalue weighted by molar-refractivity contribution is 5.79. The Morgan fingerprint density at radius 1 is 0.781 bits per heavy atom. The minimum atomic E-state index is -4.70. The maximum atomic E-state index is 12.0. The summed E-state index contributed by atoms with van der Waals surface area (Å²) in [5.74, 6) is -1.02. The number of halogens is 6. The second kappa shape index (κ2) is 11.3. The number of rotatable bonds is 12. The fourth-order valence-corrected chi connectivity index (χ4v) is 2.96. The molecule has 2 aliphatic carbocycles. The molecule has 0 aliphatic heterocycles. The van der Waals surface area contributed by atoms with E-state index in [1.165, 1.54) is 0 Å². The van der Waals surface area contributed by atoms with Gasteiger partial charge in [-0.1, -0.05) is 6.58 Å². The normalized spacial score (nSPS) is 25.4. The van der Waals surface area contributed by atoms with Crippen molar-refractivity contribution in [3.63, 3.8) is 0 Å². The minimum Gasteiger partial charge on any atom is -0.368 e. The standard InChI is InChI=1S/C18H24F6N2O6/c1-10(26-16(28)9-30-12-6-14(7-12)32-18(22,23)24)2-3-25-15(27)8-29-11-4-13(5-11)31-17(19,20)21/h11-14H,1-9H2,(H,25,27)(H,26,28)/t11-,12-,13-,14+. The van der Waals surface area contributed by atoms with Crippen LogP contribution in [0.2, 0.25) is 0 Å². The number of ether oxygens (including phenoxy) is 4. The van der Waals surface area contributed by atoms with Gasteiger partial charge in [0, 0.05) is 44.3 Å². The van der Waals surface area contributed by atoms with Crippen LogP contribution in [-0.2, 0) is 28.5 Å².